The Balaban J connectivity index is 1.40. The van der Waals surface area contributed by atoms with Crippen molar-refractivity contribution in [2.45, 2.75) is 50.5 Å². The van der Waals surface area contributed by atoms with Crippen molar-refractivity contribution >= 4 is 18.0 Å². The number of amides is 1. The van der Waals surface area contributed by atoms with Crippen LogP contribution in [0.4, 0.5) is 0 Å². The summed E-state index contributed by atoms with van der Waals surface area (Å²) in [5, 5.41) is 2.87. The van der Waals surface area contributed by atoms with Crippen LogP contribution in [0.25, 0.3) is 6.08 Å². The first-order chi connectivity index (χ1) is 19.1. The average Bonchev–Trinajstić information content (AvgIpc) is 2.97. The maximum Gasteiger partial charge on any atom is 0.331 e. The molecular weight excluding hydrogens is 498 g/mol. The summed E-state index contributed by atoms with van der Waals surface area (Å²) in [5.74, 6) is -0.893. The van der Waals surface area contributed by atoms with E-state index < -0.39 is 42.9 Å². The van der Waals surface area contributed by atoms with E-state index in [1.54, 1.807) is 6.08 Å². The Bertz CT molecular complexity index is 1250. The molecule has 0 bridgehead atoms. The molecule has 2 heterocycles. The number of ether oxygens (including phenoxy) is 5. The largest absolute Gasteiger partial charge is 0.454 e. The fourth-order valence-corrected chi connectivity index (χ4v) is 4.68. The zero-order valence-electron chi connectivity index (χ0n) is 21.6. The van der Waals surface area contributed by atoms with Crippen molar-refractivity contribution in [2.24, 2.45) is 0 Å². The molecule has 3 aromatic carbocycles. The van der Waals surface area contributed by atoms with Crippen LogP contribution in [-0.2, 0) is 39.9 Å². The Morgan fingerprint density at radius 1 is 0.923 bits per heavy atom. The molecule has 0 aliphatic carbocycles. The molecule has 2 aliphatic rings. The first kappa shape index (κ1) is 26.8. The minimum atomic E-state index is -0.910. The van der Waals surface area contributed by atoms with Gasteiger partial charge in [-0.05, 0) is 17.2 Å². The second-order valence-electron chi connectivity index (χ2n) is 9.39. The van der Waals surface area contributed by atoms with E-state index in [-0.39, 0.29) is 19.1 Å². The van der Waals surface area contributed by atoms with E-state index in [9.17, 15) is 9.59 Å². The van der Waals surface area contributed by atoms with Gasteiger partial charge in [-0.1, -0.05) is 91.0 Å². The minimum Gasteiger partial charge on any atom is -0.454 e. The van der Waals surface area contributed by atoms with Gasteiger partial charge in [0.25, 0.3) is 0 Å². The van der Waals surface area contributed by atoms with Crippen molar-refractivity contribution in [2.75, 3.05) is 6.61 Å². The molecule has 202 valence electrons. The number of hydrogen-bond donors (Lipinski definition) is 1. The van der Waals surface area contributed by atoms with Crippen LogP contribution >= 0.6 is 0 Å². The van der Waals surface area contributed by atoms with Crippen molar-refractivity contribution in [3.8, 4) is 0 Å². The SMILES string of the molecule is CC(=O)N[C@@H]1[C@H](OCc2ccccc2)O[C@@H]2CO[C@H](c3ccccc3)O[C@@H]2[C@@H]1OC(=O)/C=C/c1ccccc1. The highest BCUT2D eigenvalue weighted by Crippen LogP contribution is 2.36. The van der Waals surface area contributed by atoms with Crippen molar-refractivity contribution in [1.29, 1.82) is 0 Å². The molecule has 39 heavy (non-hydrogen) atoms. The van der Waals surface area contributed by atoms with Crippen molar-refractivity contribution in [3.05, 3.63) is 114 Å². The Kier molecular flexibility index (Phi) is 8.80. The molecule has 2 aliphatic heterocycles. The molecule has 0 spiro atoms. The summed E-state index contributed by atoms with van der Waals surface area (Å²) >= 11 is 0. The molecule has 8 heteroatoms. The van der Waals surface area contributed by atoms with E-state index in [0.29, 0.717) is 0 Å². The van der Waals surface area contributed by atoms with Crippen LogP contribution in [0, 0.1) is 0 Å². The number of benzene rings is 3. The second-order valence-corrected chi connectivity index (χ2v) is 9.39. The molecule has 1 N–H and O–H groups in total. The van der Waals surface area contributed by atoms with Gasteiger partial charge in [0.15, 0.2) is 18.7 Å². The lowest BCUT2D eigenvalue weighted by Crippen LogP contribution is -2.67. The molecular formula is C31H31NO7. The highest BCUT2D eigenvalue weighted by Gasteiger charge is 2.52. The maximum absolute atomic E-state index is 13.0. The third-order valence-corrected chi connectivity index (χ3v) is 6.50. The van der Waals surface area contributed by atoms with Crippen molar-refractivity contribution in [3.63, 3.8) is 0 Å². The summed E-state index contributed by atoms with van der Waals surface area (Å²) < 4.78 is 30.7. The standard InChI is InChI=1S/C31H31NO7/c1-21(33)32-27-29(38-26(34)18-17-22-11-5-2-6-12-22)28-25(20-36-30(39-28)24-15-9-4-10-16-24)37-31(27)35-19-23-13-7-3-8-14-23/h2-18,25,27-31H,19-20H2,1H3,(H,32,33)/b18-17+/t25-,27+,28+,29-,30+,31-/m1/s1. The summed E-state index contributed by atoms with van der Waals surface area (Å²) in [5.41, 5.74) is 2.61. The molecule has 2 saturated heterocycles. The van der Waals surface area contributed by atoms with Crippen LogP contribution in [0.3, 0.4) is 0 Å². The molecule has 0 aromatic heterocycles. The van der Waals surface area contributed by atoms with Crippen molar-refractivity contribution in [1.82, 2.24) is 5.32 Å². The molecule has 5 rings (SSSR count). The van der Waals surface area contributed by atoms with Gasteiger partial charge in [0.05, 0.1) is 13.2 Å². The normalized spacial score (nSPS) is 26.5. The number of nitrogens with one attached hydrogen (secondary N) is 1. The average molecular weight is 530 g/mol. The van der Waals surface area contributed by atoms with E-state index >= 15 is 0 Å². The van der Waals surface area contributed by atoms with Gasteiger partial charge < -0.3 is 29.0 Å². The Morgan fingerprint density at radius 2 is 1.59 bits per heavy atom. The molecule has 1 amide bonds. The Labute approximate surface area is 227 Å². The van der Waals surface area contributed by atoms with Gasteiger partial charge in [-0.3, -0.25) is 4.79 Å². The van der Waals surface area contributed by atoms with Gasteiger partial charge in [-0.2, -0.15) is 0 Å². The molecule has 2 fully saturated rings. The molecule has 0 saturated carbocycles. The predicted octanol–water partition coefficient (Wildman–Crippen LogP) is 4.17. The number of hydrogen-bond acceptors (Lipinski definition) is 7. The van der Waals surface area contributed by atoms with E-state index in [1.165, 1.54) is 13.0 Å². The number of carbonyl (C=O) groups excluding carboxylic acids is 2. The third kappa shape index (κ3) is 6.99. The van der Waals surface area contributed by atoms with Crippen LogP contribution in [0.5, 0.6) is 0 Å². The zero-order valence-corrected chi connectivity index (χ0v) is 21.6. The number of esters is 1. The first-order valence-corrected chi connectivity index (χ1v) is 12.9. The fraction of sp³-hybridized carbons (Fsp3) is 0.290. The van der Waals surface area contributed by atoms with E-state index in [4.69, 9.17) is 23.7 Å². The maximum atomic E-state index is 13.0. The van der Waals surface area contributed by atoms with Gasteiger partial charge >= 0.3 is 5.97 Å². The van der Waals surface area contributed by atoms with Gasteiger partial charge in [0, 0.05) is 18.6 Å². The molecule has 0 unspecified atom stereocenters. The number of carbonyl (C=O) groups is 2. The quantitative estimate of drug-likeness (QED) is 0.346. The fourth-order valence-electron chi connectivity index (χ4n) is 4.68. The second kappa shape index (κ2) is 12.8. The highest BCUT2D eigenvalue weighted by atomic mass is 16.8. The lowest BCUT2D eigenvalue weighted by atomic mass is 9.95. The smallest absolute Gasteiger partial charge is 0.331 e. The summed E-state index contributed by atoms with van der Waals surface area (Å²) in [6.45, 7) is 1.82. The van der Waals surface area contributed by atoms with Gasteiger partial charge in [0.1, 0.15) is 18.2 Å². The number of fused-ring (bicyclic) bond motifs is 1. The van der Waals surface area contributed by atoms with Crippen LogP contribution in [0.1, 0.15) is 29.9 Å². The van der Waals surface area contributed by atoms with Crippen LogP contribution in [-0.4, -0.2) is 49.1 Å². The minimum absolute atomic E-state index is 0.191. The van der Waals surface area contributed by atoms with E-state index in [0.717, 1.165) is 16.7 Å². The predicted molar refractivity (Wildman–Crippen MR) is 143 cm³/mol. The lowest BCUT2D eigenvalue weighted by molar-refractivity contribution is -0.346. The molecule has 3 aromatic rings. The molecule has 6 atom stereocenters. The molecule has 8 nitrogen and oxygen atoms in total. The zero-order chi connectivity index (χ0) is 27.0. The number of rotatable bonds is 8. The van der Waals surface area contributed by atoms with Crippen LogP contribution < -0.4 is 5.32 Å². The lowest BCUT2D eigenvalue weighted by Gasteiger charge is -2.48. The summed E-state index contributed by atoms with van der Waals surface area (Å²) in [6.07, 6.45) is -0.773. The Morgan fingerprint density at radius 3 is 2.28 bits per heavy atom. The molecule has 0 radical (unpaired) electrons. The monoisotopic (exact) mass is 529 g/mol. The summed E-state index contributed by atoms with van der Waals surface area (Å²) in [6, 6.07) is 27.7. The van der Waals surface area contributed by atoms with Gasteiger partial charge in [-0.25, -0.2) is 4.79 Å². The Hall–Kier alpha value is -3.82. The van der Waals surface area contributed by atoms with Crippen LogP contribution in [0.2, 0.25) is 0 Å². The van der Waals surface area contributed by atoms with Gasteiger partial charge in [-0.15, -0.1) is 0 Å². The topological polar surface area (TPSA) is 92.3 Å². The first-order valence-electron chi connectivity index (χ1n) is 12.9. The summed E-state index contributed by atoms with van der Waals surface area (Å²) in [7, 11) is 0. The highest BCUT2D eigenvalue weighted by molar-refractivity contribution is 5.87. The van der Waals surface area contributed by atoms with E-state index in [1.807, 2.05) is 91.0 Å². The van der Waals surface area contributed by atoms with Crippen LogP contribution in [0.15, 0.2) is 97.1 Å². The van der Waals surface area contributed by atoms with Crippen molar-refractivity contribution < 1.29 is 33.3 Å². The van der Waals surface area contributed by atoms with E-state index in [2.05, 4.69) is 5.32 Å². The van der Waals surface area contributed by atoms with Gasteiger partial charge in [0.2, 0.25) is 5.91 Å². The summed E-state index contributed by atoms with van der Waals surface area (Å²) in [4.78, 5) is 25.3. The third-order valence-electron chi connectivity index (χ3n) is 6.50.